The lowest BCUT2D eigenvalue weighted by Crippen LogP contribution is -2.16. The monoisotopic (exact) mass is 349 g/mol. The maximum atomic E-state index is 12.7. The van der Waals surface area contributed by atoms with Crippen molar-refractivity contribution >= 4 is 23.2 Å². The molecule has 6 nitrogen and oxygen atoms in total. The van der Waals surface area contributed by atoms with Gasteiger partial charge in [0, 0.05) is 13.5 Å². The Kier molecular flexibility index (Phi) is 4.69. The van der Waals surface area contributed by atoms with Gasteiger partial charge in [0.25, 0.3) is 0 Å². The number of carbonyl (C=O) groups is 1. The molecule has 0 unspecified atom stereocenters. The average molecular weight is 350 g/mol. The molecule has 0 aliphatic rings. The Morgan fingerprint density at radius 1 is 1.35 bits per heavy atom. The lowest BCUT2D eigenvalue weighted by molar-refractivity contribution is -0.141. The van der Waals surface area contributed by atoms with Gasteiger partial charge >= 0.3 is 6.18 Å². The third-order valence-electron chi connectivity index (χ3n) is 3.46. The van der Waals surface area contributed by atoms with Crippen molar-refractivity contribution in [3.8, 4) is 0 Å². The Balaban J connectivity index is 2.04. The molecule has 2 aromatic rings. The van der Waals surface area contributed by atoms with Gasteiger partial charge in [-0.2, -0.15) is 23.4 Å². The molecule has 2 aromatic heterocycles. The number of amides is 1. The van der Waals surface area contributed by atoms with Crippen molar-refractivity contribution in [2.24, 2.45) is 7.05 Å². The van der Waals surface area contributed by atoms with E-state index < -0.39 is 16.9 Å². The van der Waals surface area contributed by atoms with Crippen molar-refractivity contribution in [1.29, 1.82) is 0 Å². The molecule has 0 aliphatic heterocycles. The minimum Gasteiger partial charge on any atom is -0.323 e. The standard InChI is InChI=1S/C13H15ClF3N5O/c1-7-9(6-18-21(7)3)19-10(23)4-5-22-8(2)11(14)12(20-22)13(15,16)17/h6H,4-5H2,1-3H3,(H,19,23). The number of carbonyl (C=O) groups excluding carboxylic acids is 1. The van der Waals surface area contributed by atoms with Crippen LogP contribution in [0.25, 0.3) is 0 Å². The Labute approximate surface area is 135 Å². The van der Waals surface area contributed by atoms with E-state index >= 15 is 0 Å². The van der Waals surface area contributed by atoms with Gasteiger partial charge in [0.2, 0.25) is 5.91 Å². The van der Waals surface area contributed by atoms with Crippen molar-refractivity contribution in [2.75, 3.05) is 5.32 Å². The minimum absolute atomic E-state index is 0.00717. The van der Waals surface area contributed by atoms with Crippen molar-refractivity contribution < 1.29 is 18.0 Å². The summed E-state index contributed by atoms with van der Waals surface area (Å²) < 4.78 is 40.9. The third kappa shape index (κ3) is 3.66. The van der Waals surface area contributed by atoms with Crippen LogP contribution in [0.15, 0.2) is 6.20 Å². The number of rotatable bonds is 4. The molecule has 0 aliphatic carbocycles. The molecule has 23 heavy (non-hydrogen) atoms. The van der Waals surface area contributed by atoms with Crippen LogP contribution < -0.4 is 5.32 Å². The van der Waals surface area contributed by atoms with E-state index in [0.717, 1.165) is 10.4 Å². The van der Waals surface area contributed by atoms with E-state index in [2.05, 4.69) is 15.5 Å². The van der Waals surface area contributed by atoms with Gasteiger partial charge in [0.1, 0.15) is 0 Å². The fraction of sp³-hybridized carbons (Fsp3) is 0.462. The number of anilines is 1. The predicted molar refractivity (Wildman–Crippen MR) is 78.2 cm³/mol. The summed E-state index contributed by atoms with van der Waals surface area (Å²) in [6, 6.07) is 0. The van der Waals surface area contributed by atoms with Crippen LogP contribution in [0, 0.1) is 13.8 Å². The first-order valence-electron chi connectivity index (χ1n) is 6.69. The Morgan fingerprint density at radius 2 is 2.00 bits per heavy atom. The first-order valence-corrected chi connectivity index (χ1v) is 7.07. The predicted octanol–water partition coefficient (Wildman–Crippen LogP) is 2.93. The average Bonchev–Trinajstić information content (AvgIpc) is 2.92. The number of hydrogen-bond acceptors (Lipinski definition) is 3. The van der Waals surface area contributed by atoms with E-state index in [0.29, 0.717) is 5.69 Å². The lowest BCUT2D eigenvalue weighted by atomic mass is 10.3. The molecule has 0 bridgehead atoms. The molecule has 10 heteroatoms. The van der Waals surface area contributed by atoms with Gasteiger partial charge < -0.3 is 5.32 Å². The molecule has 0 aromatic carbocycles. The molecule has 126 valence electrons. The zero-order valence-electron chi connectivity index (χ0n) is 12.7. The Bertz CT molecular complexity index is 735. The second-order valence-electron chi connectivity index (χ2n) is 5.03. The van der Waals surface area contributed by atoms with Crippen molar-refractivity contribution in [2.45, 2.75) is 33.0 Å². The highest BCUT2D eigenvalue weighted by molar-refractivity contribution is 6.31. The fourth-order valence-electron chi connectivity index (χ4n) is 1.96. The minimum atomic E-state index is -4.62. The molecule has 1 N–H and O–H groups in total. The van der Waals surface area contributed by atoms with E-state index in [1.807, 2.05) is 0 Å². The molecule has 2 heterocycles. The molecule has 0 saturated heterocycles. The third-order valence-corrected chi connectivity index (χ3v) is 3.91. The molecule has 0 saturated carbocycles. The zero-order chi connectivity index (χ0) is 17.4. The Morgan fingerprint density at radius 3 is 2.48 bits per heavy atom. The van der Waals surface area contributed by atoms with Gasteiger partial charge in [-0.1, -0.05) is 11.6 Å². The smallest absolute Gasteiger partial charge is 0.323 e. The van der Waals surface area contributed by atoms with Crippen molar-refractivity contribution in [3.63, 3.8) is 0 Å². The number of nitrogens with one attached hydrogen (secondary N) is 1. The van der Waals surface area contributed by atoms with Gasteiger partial charge in [0.05, 0.1) is 34.8 Å². The fourth-order valence-corrected chi connectivity index (χ4v) is 2.21. The summed E-state index contributed by atoms with van der Waals surface area (Å²) in [7, 11) is 1.73. The van der Waals surface area contributed by atoms with E-state index in [1.54, 1.807) is 18.7 Å². The molecular formula is C13H15ClF3N5O. The Hall–Kier alpha value is -2.03. The molecule has 2 rings (SSSR count). The van der Waals surface area contributed by atoms with Gasteiger partial charge in [-0.3, -0.25) is 14.2 Å². The number of hydrogen-bond donors (Lipinski definition) is 1. The largest absolute Gasteiger partial charge is 0.436 e. The summed E-state index contributed by atoms with van der Waals surface area (Å²) in [5.41, 5.74) is 0.365. The van der Waals surface area contributed by atoms with Crippen LogP contribution >= 0.6 is 11.6 Å². The van der Waals surface area contributed by atoms with E-state index in [4.69, 9.17) is 11.6 Å². The maximum Gasteiger partial charge on any atom is 0.436 e. The summed E-state index contributed by atoms with van der Waals surface area (Å²) in [6.07, 6.45) is -3.16. The second kappa shape index (κ2) is 6.23. The van der Waals surface area contributed by atoms with Gasteiger partial charge in [0.15, 0.2) is 5.69 Å². The van der Waals surface area contributed by atoms with Crippen LogP contribution in [0.4, 0.5) is 18.9 Å². The lowest BCUT2D eigenvalue weighted by Gasteiger charge is -2.06. The topological polar surface area (TPSA) is 64.7 Å². The van der Waals surface area contributed by atoms with E-state index in [-0.39, 0.29) is 24.6 Å². The second-order valence-corrected chi connectivity index (χ2v) is 5.41. The molecule has 1 amide bonds. The van der Waals surface area contributed by atoms with Crippen LogP contribution in [0.5, 0.6) is 0 Å². The van der Waals surface area contributed by atoms with Crippen LogP contribution in [0.2, 0.25) is 5.02 Å². The normalized spacial score (nSPS) is 11.8. The SMILES string of the molecule is Cc1c(NC(=O)CCn2nc(C(F)(F)F)c(Cl)c2C)cnn1C. The number of nitrogens with zero attached hydrogens (tertiary/aromatic N) is 4. The first kappa shape index (κ1) is 17.3. The van der Waals surface area contributed by atoms with E-state index in [1.165, 1.54) is 13.1 Å². The van der Waals surface area contributed by atoms with Crippen molar-refractivity contribution in [3.05, 3.63) is 28.3 Å². The van der Waals surface area contributed by atoms with Gasteiger partial charge in [-0.25, -0.2) is 0 Å². The summed E-state index contributed by atoms with van der Waals surface area (Å²) in [6.45, 7) is 3.20. The molecule has 0 radical (unpaired) electrons. The van der Waals surface area contributed by atoms with Crippen LogP contribution in [-0.2, 0) is 24.6 Å². The number of alkyl halides is 3. The number of aromatic nitrogens is 4. The summed E-state index contributed by atoms with van der Waals surface area (Å²) in [4.78, 5) is 11.9. The van der Waals surface area contributed by atoms with Crippen LogP contribution in [-0.4, -0.2) is 25.5 Å². The molecule has 0 fully saturated rings. The van der Waals surface area contributed by atoms with Crippen LogP contribution in [0.1, 0.15) is 23.5 Å². The maximum absolute atomic E-state index is 12.7. The molecule has 0 atom stereocenters. The summed E-state index contributed by atoms with van der Waals surface area (Å²) in [5, 5.41) is 9.64. The number of aryl methyl sites for hydroxylation is 2. The van der Waals surface area contributed by atoms with Crippen LogP contribution in [0.3, 0.4) is 0 Å². The summed E-state index contributed by atoms with van der Waals surface area (Å²) in [5.74, 6) is -0.347. The van der Waals surface area contributed by atoms with Crippen molar-refractivity contribution in [1.82, 2.24) is 19.6 Å². The highest BCUT2D eigenvalue weighted by Crippen LogP contribution is 2.35. The molecule has 0 spiro atoms. The summed E-state index contributed by atoms with van der Waals surface area (Å²) >= 11 is 5.65. The van der Waals surface area contributed by atoms with Gasteiger partial charge in [-0.05, 0) is 13.8 Å². The highest BCUT2D eigenvalue weighted by atomic mass is 35.5. The quantitative estimate of drug-likeness (QED) is 0.923. The number of halogens is 4. The first-order chi connectivity index (χ1) is 10.6. The van der Waals surface area contributed by atoms with Gasteiger partial charge in [-0.15, -0.1) is 0 Å². The van der Waals surface area contributed by atoms with E-state index in [9.17, 15) is 18.0 Å². The zero-order valence-corrected chi connectivity index (χ0v) is 13.5. The highest BCUT2D eigenvalue weighted by Gasteiger charge is 2.38. The molecular weight excluding hydrogens is 335 g/mol.